The van der Waals surface area contributed by atoms with Gasteiger partial charge in [0.15, 0.2) is 0 Å². The summed E-state index contributed by atoms with van der Waals surface area (Å²) in [5.41, 5.74) is 0. The average Bonchev–Trinajstić information content (AvgIpc) is 2.73. The monoisotopic (exact) mass is 530 g/mol. The first-order valence-electron chi connectivity index (χ1n) is 6.63. The van der Waals surface area contributed by atoms with Crippen molar-refractivity contribution in [2.45, 2.75) is 59.9 Å². The summed E-state index contributed by atoms with van der Waals surface area (Å²) in [5.74, 6) is -48.6. The van der Waals surface area contributed by atoms with Crippen LogP contribution in [-0.4, -0.2) is 65.0 Å². The Balaban J connectivity index is 3.98. The highest BCUT2D eigenvalue weighted by Gasteiger charge is 2.99. The summed E-state index contributed by atoms with van der Waals surface area (Å²) < 4.78 is 249. The predicted molar refractivity (Wildman–Crippen MR) is 52.8 cm³/mol. The van der Waals surface area contributed by atoms with Gasteiger partial charge in [0.25, 0.3) is 0 Å². The maximum atomic E-state index is 14.0. The molecule has 1 saturated heterocycles. The summed E-state index contributed by atoms with van der Waals surface area (Å²) in [6.45, 7) is 0. The van der Waals surface area contributed by atoms with Crippen LogP contribution in [0.5, 0.6) is 0 Å². The topological polar surface area (TPSA) is 38.7 Å². The van der Waals surface area contributed by atoms with Gasteiger partial charge < -0.3 is 5.11 Å². The Morgan fingerprint density at radius 3 is 1.09 bits per heavy atom. The second-order valence-electron chi connectivity index (χ2n) is 5.77. The Hall–Kier alpha value is -1.45. The van der Waals surface area contributed by atoms with Gasteiger partial charge in [-0.2, -0.15) is 83.4 Å². The molecule has 0 aromatic heterocycles. The third-order valence-electron chi connectivity index (χ3n) is 3.64. The van der Waals surface area contributed by atoms with Gasteiger partial charge in [0, 0.05) is 0 Å². The van der Waals surface area contributed by atoms with E-state index >= 15 is 0 Å². The van der Waals surface area contributed by atoms with Crippen molar-refractivity contribution >= 4 is 0 Å². The van der Waals surface area contributed by atoms with Crippen LogP contribution in [0.3, 0.4) is 0 Å². The molecule has 0 bridgehead atoms. The van der Waals surface area contributed by atoms with Crippen molar-refractivity contribution in [2.24, 2.45) is 0 Å². The number of rotatable bonds is 5. The lowest BCUT2D eigenvalue weighted by Gasteiger charge is -2.41. The molecule has 1 N–H and O–H groups in total. The highest BCUT2D eigenvalue weighted by Crippen LogP contribution is 2.68. The quantitative estimate of drug-likeness (QED) is 0.495. The standard InChI is InChI=1S/C10HF19O3/c11-1(12,3(15,16)7(20,21)22)5(19)10(28,29)32-6(31-5,9(26,27)30)2(13,14)4(17,18)8(23,24)25/h30H. The van der Waals surface area contributed by atoms with Crippen molar-refractivity contribution in [3.63, 3.8) is 0 Å². The van der Waals surface area contributed by atoms with E-state index in [4.69, 9.17) is 5.11 Å². The normalized spacial score (nSPS) is 28.9. The molecule has 0 aliphatic carbocycles. The van der Waals surface area contributed by atoms with Crippen LogP contribution in [0.25, 0.3) is 0 Å². The highest BCUT2D eigenvalue weighted by molar-refractivity contribution is 5.15. The van der Waals surface area contributed by atoms with Crippen molar-refractivity contribution in [1.29, 1.82) is 0 Å². The van der Waals surface area contributed by atoms with Gasteiger partial charge in [-0.1, -0.05) is 0 Å². The predicted octanol–water partition coefficient (Wildman–Crippen LogP) is 5.24. The molecular weight excluding hydrogens is 529 g/mol. The van der Waals surface area contributed by atoms with E-state index in [0.717, 1.165) is 0 Å². The number of alkyl halides is 19. The van der Waals surface area contributed by atoms with Gasteiger partial charge >= 0.3 is 59.9 Å². The Bertz CT molecular complexity index is 731. The van der Waals surface area contributed by atoms with Crippen LogP contribution in [0.15, 0.2) is 0 Å². The van der Waals surface area contributed by atoms with Gasteiger partial charge in [0.05, 0.1) is 0 Å². The van der Waals surface area contributed by atoms with Crippen molar-refractivity contribution < 1.29 is 98.0 Å². The van der Waals surface area contributed by atoms with E-state index in [1.165, 1.54) is 0 Å². The van der Waals surface area contributed by atoms with Crippen LogP contribution in [-0.2, 0) is 9.47 Å². The van der Waals surface area contributed by atoms with E-state index in [1.807, 2.05) is 0 Å². The first-order valence-corrected chi connectivity index (χ1v) is 6.63. The molecule has 22 heteroatoms. The molecule has 0 amide bonds. The van der Waals surface area contributed by atoms with Crippen LogP contribution in [0.4, 0.5) is 83.4 Å². The summed E-state index contributed by atoms with van der Waals surface area (Å²) in [5, 5.41) is 8.11. The smallest absolute Gasteiger partial charge is 0.332 e. The Morgan fingerprint density at radius 2 is 0.812 bits per heavy atom. The van der Waals surface area contributed by atoms with Gasteiger partial charge in [0.1, 0.15) is 0 Å². The molecule has 1 aliphatic heterocycles. The van der Waals surface area contributed by atoms with Gasteiger partial charge in [-0.05, 0) is 0 Å². The van der Waals surface area contributed by atoms with Crippen LogP contribution in [0.2, 0.25) is 0 Å². The van der Waals surface area contributed by atoms with E-state index in [1.54, 1.807) is 9.47 Å². The van der Waals surface area contributed by atoms with Crippen molar-refractivity contribution in [3.05, 3.63) is 0 Å². The zero-order chi connectivity index (χ0) is 26.4. The van der Waals surface area contributed by atoms with Crippen LogP contribution in [0, 0.1) is 0 Å². The minimum atomic E-state index is -8.35. The molecule has 1 heterocycles. The molecule has 0 radical (unpaired) electrons. The van der Waals surface area contributed by atoms with Gasteiger partial charge in [0.2, 0.25) is 0 Å². The average molecular weight is 530 g/mol. The second kappa shape index (κ2) is 6.57. The molecule has 0 aromatic rings. The summed E-state index contributed by atoms with van der Waals surface area (Å²) in [6.07, 6.45) is -30.9. The van der Waals surface area contributed by atoms with E-state index in [-0.39, 0.29) is 0 Å². The maximum absolute atomic E-state index is 14.0. The molecule has 0 aromatic carbocycles. The molecule has 0 saturated carbocycles. The molecule has 2 unspecified atom stereocenters. The highest BCUT2D eigenvalue weighted by atomic mass is 19.4. The summed E-state index contributed by atoms with van der Waals surface area (Å²) in [4.78, 5) is 0. The Morgan fingerprint density at radius 1 is 0.500 bits per heavy atom. The van der Waals surface area contributed by atoms with Crippen LogP contribution >= 0.6 is 0 Å². The largest absolute Gasteiger partial charge is 0.460 e. The summed E-state index contributed by atoms with van der Waals surface area (Å²) >= 11 is 0. The fraction of sp³-hybridized carbons (Fsp3) is 1.00. The first kappa shape index (κ1) is 28.6. The minimum Gasteiger partial charge on any atom is -0.332 e. The minimum absolute atomic E-state index is 1.71. The third kappa shape index (κ3) is 3.18. The molecule has 1 rings (SSSR count). The van der Waals surface area contributed by atoms with Gasteiger partial charge in [-0.3, -0.25) is 9.47 Å². The number of halogens is 19. The lowest BCUT2D eigenvalue weighted by atomic mass is 9.99. The molecule has 0 spiro atoms. The fourth-order valence-electron chi connectivity index (χ4n) is 1.98. The summed E-state index contributed by atoms with van der Waals surface area (Å²) in [6, 6.07) is 0. The van der Waals surface area contributed by atoms with Crippen LogP contribution < -0.4 is 0 Å². The molecule has 192 valence electrons. The van der Waals surface area contributed by atoms with Crippen molar-refractivity contribution in [3.8, 4) is 0 Å². The van der Waals surface area contributed by atoms with Crippen molar-refractivity contribution in [2.75, 3.05) is 0 Å². The molecule has 1 aliphatic rings. The molecule has 2 atom stereocenters. The number of ether oxygens (including phenoxy) is 2. The molecule has 32 heavy (non-hydrogen) atoms. The van der Waals surface area contributed by atoms with Gasteiger partial charge in [-0.25, -0.2) is 0 Å². The number of hydrogen-bond donors (Lipinski definition) is 1. The molecular formula is C10HF19O3. The lowest BCUT2D eigenvalue weighted by Crippen LogP contribution is -2.72. The first-order chi connectivity index (χ1) is 13.4. The third-order valence-corrected chi connectivity index (χ3v) is 3.64. The van der Waals surface area contributed by atoms with E-state index in [2.05, 4.69) is 0 Å². The van der Waals surface area contributed by atoms with E-state index in [0.29, 0.717) is 0 Å². The zero-order valence-corrected chi connectivity index (χ0v) is 13.4. The molecule has 3 nitrogen and oxygen atoms in total. The van der Waals surface area contributed by atoms with E-state index in [9.17, 15) is 83.4 Å². The maximum Gasteiger partial charge on any atom is 0.460 e. The zero-order valence-electron chi connectivity index (χ0n) is 13.4. The number of hydrogen-bond acceptors (Lipinski definition) is 3. The van der Waals surface area contributed by atoms with E-state index < -0.39 is 59.9 Å². The Labute approximate surface area is 159 Å². The molecule has 1 fully saturated rings. The van der Waals surface area contributed by atoms with Crippen molar-refractivity contribution in [1.82, 2.24) is 0 Å². The fourth-order valence-corrected chi connectivity index (χ4v) is 1.98. The number of aliphatic hydroxyl groups is 1. The van der Waals surface area contributed by atoms with Gasteiger partial charge in [-0.15, -0.1) is 0 Å². The lowest BCUT2D eigenvalue weighted by molar-refractivity contribution is -0.505. The SMILES string of the molecule is OC(F)(F)C1(C(F)(F)C(F)(F)C(F)(F)F)OC(F)(F)C(F)(C(F)(F)C(F)(F)C(F)(F)F)O1. The second-order valence-corrected chi connectivity index (χ2v) is 5.77. The van der Waals surface area contributed by atoms with Crippen LogP contribution in [0.1, 0.15) is 0 Å². The Kier molecular flexibility index (Phi) is 5.87. The summed E-state index contributed by atoms with van der Waals surface area (Å²) in [7, 11) is 0.